The van der Waals surface area contributed by atoms with Gasteiger partial charge in [0.2, 0.25) is 11.8 Å². The van der Waals surface area contributed by atoms with E-state index >= 15 is 0 Å². The van der Waals surface area contributed by atoms with Crippen molar-refractivity contribution in [1.29, 1.82) is 0 Å². The van der Waals surface area contributed by atoms with Crippen molar-refractivity contribution < 1.29 is 19.5 Å². The van der Waals surface area contributed by atoms with Gasteiger partial charge >= 0.3 is 5.97 Å². The van der Waals surface area contributed by atoms with Crippen molar-refractivity contribution in [3.05, 3.63) is 41.6 Å². The van der Waals surface area contributed by atoms with Gasteiger partial charge in [-0.2, -0.15) is 0 Å². The Kier molecular flexibility index (Phi) is 5.28. The smallest absolute Gasteiger partial charge is 0.352 e. The van der Waals surface area contributed by atoms with Crippen LogP contribution in [0.4, 0.5) is 0 Å². The third-order valence-electron chi connectivity index (χ3n) is 2.11. The van der Waals surface area contributed by atoms with Gasteiger partial charge < -0.3 is 15.7 Å². The minimum Gasteiger partial charge on any atom is -0.477 e. The van der Waals surface area contributed by atoms with E-state index in [1.54, 1.807) is 30.3 Å². The molecule has 6 nitrogen and oxygen atoms in total. The van der Waals surface area contributed by atoms with Crippen LogP contribution in [-0.4, -0.2) is 29.4 Å². The molecule has 0 aliphatic rings. The fraction of sp³-hybridized carbons (Fsp3) is 0.154. The molecule has 0 unspecified atom stereocenters. The van der Waals surface area contributed by atoms with Gasteiger partial charge in [0.25, 0.3) is 0 Å². The number of carboxylic acid groups (broad SMARTS) is 1. The molecule has 0 bridgehead atoms. The third-order valence-corrected chi connectivity index (χ3v) is 2.11. The highest BCUT2D eigenvalue weighted by molar-refractivity contribution is 5.97. The van der Waals surface area contributed by atoms with Crippen molar-refractivity contribution in [2.75, 3.05) is 6.54 Å². The normalized spacial score (nSPS) is 10.7. The number of aliphatic carboxylic acids is 1. The van der Waals surface area contributed by atoms with E-state index in [-0.39, 0.29) is 18.1 Å². The largest absolute Gasteiger partial charge is 0.477 e. The number of carbonyl (C=O) groups excluding carboxylic acids is 2. The number of rotatable bonds is 5. The molecule has 0 aromatic heterocycles. The van der Waals surface area contributed by atoms with E-state index in [0.29, 0.717) is 5.56 Å². The van der Waals surface area contributed by atoms with Crippen LogP contribution in [0.1, 0.15) is 12.5 Å². The first kappa shape index (κ1) is 14.4. The SMILES string of the molecule is CC(=O)NCC(=O)NC(=Cc1ccccc1)C(=O)O. The van der Waals surface area contributed by atoms with E-state index in [1.807, 2.05) is 0 Å². The number of carboxylic acids is 1. The molecular weight excluding hydrogens is 248 g/mol. The van der Waals surface area contributed by atoms with Gasteiger partial charge in [0, 0.05) is 6.92 Å². The monoisotopic (exact) mass is 262 g/mol. The molecule has 0 spiro atoms. The van der Waals surface area contributed by atoms with Crippen LogP contribution in [0.15, 0.2) is 36.0 Å². The molecule has 2 amide bonds. The van der Waals surface area contributed by atoms with Gasteiger partial charge in [-0.15, -0.1) is 0 Å². The lowest BCUT2D eigenvalue weighted by molar-refractivity contribution is -0.134. The first-order valence-electron chi connectivity index (χ1n) is 5.53. The summed E-state index contributed by atoms with van der Waals surface area (Å²) in [5.74, 6) is -2.21. The van der Waals surface area contributed by atoms with Crippen molar-refractivity contribution in [2.45, 2.75) is 6.92 Å². The second-order valence-corrected chi connectivity index (χ2v) is 3.73. The first-order valence-corrected chi connectivity index (χ1v) is 5.53. The zero-order chi connectivity index (χ0) is 14.3. The third kappa shape index (κ3) is 5.49. The minimum absolute atomic E-state index is 0.249. The maximum Gasteiger partial charge on any atom is 0.352 e. The predicted molar refractivity (Wildman–Crippen MR) is 68.9 cm³/mol. The Morgan fingerprint density at radius 1 is 1.21 bits per heavy atom. The van der Waals surface area contributed by atoms with E-state index in [1.165, 1.54) is 13.0 Å². The van der Waals surface area contributed by atoms with Gasteiger partial charge in [0.1, 0.15) is 5.70 Å². The number of amides is 2. The summed E-state index contributed by atoms with van der Waals surface area (Å²) in [5, 5.41) is 13.5. The van der Waals surface area contributed by atoms with E-state index in [4.69, 9.17) is 5.11 Å². The number of carbonyl (C=O) groups is 3. The molecule has 1 aromatic carbocycles. The molecule has 100 valence electrons. The standard InChI is InChI=1S/C13H14N2O4/c1-9(16)14-8-12(17)15-11(13(18)19)7-10-5-3-2-4-6-10/h2-7H,8H2,1H3,(H,14,16)(H,15,17)(H,18,19). The molecule has 0 aliphatic heterocycles. The van der Waals surface area contributed by atoms with Gasteiger partial charge in [-0.1, -0.05) is 30.3 Å². The Hall–Kier alpha value is -2.63. The molecule has 1 rings (SSSR count). The van der Waals surface area contributed by atoms with E-state index < -0.39 is 11.9 Å². The predicted octanol–water partition coefficient (Wildman–Crippen LogP) is 0.364. The second kappa shape index (κ2) is 6.95. The highest BCUT2D eigenvalue weighted by Crippen LogP contribution is 2.04. The Morgan fingerprint density at radius 2 is 1.84 bits per heavy atom. The minimum atomic E-state index is -1.25. The molecule has 19 heavy (non-hydrogen) atoms. The molecule has 1 aromatic rings. The zero-order valence-corrected chi connectivity index (χ0v) is 10.3. The molecule has 3 N–H and O–H groups in total. The van der Waals surface area contributed by atoms with Crippen molar-refractivity contribution in [3.63, 3.8) is 0 Å². The number of nitrogens with one attached hydrogen (secondary N) is 2. The summed E-state index contributed by atoms with van der Waals surface area (Å²) in [7, 11) is 0. The number of hydrogen-bond donors (Lipinski definition) is 3. The van der Waals surface area contributed by atoms with Crippen LogP contribution in [0.2, 0.25) is 0 Å². The number of hydrogen-bond acceptors (Lipinski definition) is 3. The topological polar surface area (TPSA) is 95.5 Å². The van der Waals surface area contributed by atoms with Crippen LogP contribution in [0.25, 0.3) is 6.08 Å². The summed E-state index contributed by atoms with van der Waals surface area (Å²) in [6.07, 6.45) is 1.34. The fourth-order valence-electron chi connectivity index (χ4n) is 1.27. The number of benzene rings is 1. The van der Waals surface area contributed by atoms with Crippen LogP contribution in [0.3, 0.4) is 0 Å². The van der Waals surface area contributed by atoms with E-state index in [0.717, 1.165) is 0 Å². The van der Waals surface area contributed by atoms with Crippen molar-refractivity contribution in [1.82, 2.24) is 10.6 Å². The van der Waals surface area contributed by atoms with Gasteiger partial charge in [0.15, 0.2) is 0 Å². The van der Waals surface area contributed by atoms with Crippen molar-refractivity contribution in [3.8, 4) is 0 Å². The molecule has 6 heteroatoms. The Labute approximate surface area is 110 Å². The van der Waals surface area contributed by atoms with Crippen LogP contribution >= 0.6 is 0 Å². The highest BCUT2D eigenvalue weighted by atomic mass is 16.4. The first-order chi connectivity index (χ1) is 8.99. The van der Waals surface area contributed by atoms with Crippen LogP contribution in [0.5, 0.6) is 0 Å². The quantitative estimate of drug-likeness (QED) is 0.668. The maximum absolute atomic E-state index is 11.4. The van der Waals surface area contributed by atoms with Gasteiger partial charge in [-0.3, -0.25) is 9.59 Å². The van der Waals surface area contributed by atoms with Gasteiger partial charge in [-0.05, 0) is 11.6 Å². The lowest BCUT2D eigenvalue weighted by Crippen LogP contribution is -2.37. The summed E-state index contributed by atoms with van der Waals surface area (Å²) < 4.78 is 0. The van der Waals surface area contributed by atoms with Crippen LogP contribution < -0.4 is 10.6 Å². The Balaban J connectivity index is 2.74. The maximum atomic E-state index is 11.4. The Morgan fingerprint density at radius 3 is 2.37 bits per heavy atom. The zero-order valence-electron chi connectivity index (χ0n) is 10.3. The van der Waals surface area contributed by atoms with Gasteiger partial charge in [0.05, 0.1) is 6.54 Å². The fourth-order valence-corrected chi connectivity index (χ4v) is 1.27. The Bertz CT molecular complexity index is 509. The molecule has 0 atom stereocenters. The summed E-state index contributed by atoms with van der Waals surface area (Å²) in [6.45, 7) is 1.000. The lowest BCUT2D eigenvalue weighted by Gasteiger charge is -2.06. The lowest BCUT2D eigenvalue weighted by atomic mass is 10.2. The molecule has 0 aliphatic carbocycles. The van der Waals surface area contributed by atoms with Crippen molar-refractivity contribution in [2.24, 2.45) is 0 Å². The van der Waals surface area contributed by atoms with E-state index in [2.05, 4.69) is 10.6 Å². The van der Waals surface area contributed by atoms with Crippen molar-refractivity contribution >= 4 is 23.9 Å². The molecule has 0 fully saturated rings. The molecule has 0 radical (unpaired) electrons. The van der Waals surface area contributed by atoms with Crippen LogP contribution in [-0.2, 0) is 14.4 Å². The van der Waals surface area contributed by atoms with Gasteiger partial charge in [-0.25, -0.2) is 4.79 Å². The summed E-state index contributed by atoms with van der Waals surface area (Å²) >= 11 is 0. The average Bonchev–Trinajstić information content (AvgIpc) is 2.36. The molecule has 0 saturated heterocycles. The molecular formula is C13H14N2O4. The van der Waals surface area contributed by atoms with Crippen LogP contribution in [0, 0.1) is 0 Å². The molecule has 0 heterocycles. The summed E-state index contributed by atoms with van der Waals surface area (Å²) in [4.78, 5) is 33.1. The summed E-state index contributed by atoms with van der Waals surface area (Å²) in [6, 6.07) is 8.73. The molecule has 0 saturated carbocycles. The highest BCUT2D eigenvalue weighted by Gasteiger charge is 2.11. The van der Waals surface area contributed by atoms with E-state index in [9.17, 15) is 14.4 Å². The average molecular weight is 262 g/mol. The second-order valence-electron chi connectivity index (χ2n) is 3.73. The summed E-state index contributed by atoms with van der Waals surface area (Å²) in [5.41, 5.74) is 0.404.